The number of rotatable bonds is 1. The van der Waals surface area contributed by atoms with Crippen LogP contribution in [0, 0.1) is 6.39 Å². The van der Waals surface area contributed by atoms with Crippen LogP contribution in [0.2, 0.25) is 0 Å². The molecule has 0 aromatic carbocycles. The van der Waals surface area contributed by atoms with Crippen molar-refractivity contribution in [3.8, 4) is 0 Å². The lowest BCUT2D eigenvalue weighted by Crippen LogP contribution is -2.07. The lowest BCUT2D eigenvalue weighted by Gasteiger charge is -2.21. The van der Waals surface area contributed by atoms with E-state index < -0.39 is 0 Å². The Morgan fingerprint density at radius 1 is 1.67 bits per heavy atom. The molecule has 0 bridgehead atoms. The van der Waals surface area contributed by atoms with Crippen LogP contribution in [0.4, 0.5) is 0 Å². The Balaban J connectivity index is 2.14. The third kappa shape index (κ3) is 0.745. The van der Waals surface area contributed by atoms with Gasteiger partial charge in [0.05, 0.1) is 6.20 Å². The zero-order valence-corrected chi connectivity index (χ0v) is 5.13. The van der Waals surface area contributed by atoms with Gasteiger partial charge in [0.15, 0.2) is 0 Å². The van der Waals surface area contributed by atoms with Crippen molar-refractivity contribution in [2.24, 2.45) is 0 Å². The predicted molar refractivity (Wildman–Crippen MR) is 31.9 cm³/mol. The lowest BCUT2D eigenvalue weighted by molar-refractivity contribution is 0.344. The number of hydrogen-bond donors (Lipinski definition) is 0. The summed E-state index contributed by atoms with van der Waals surface area (Å²) in [4.78, 5) is 3.73. The molecule has 1 aliphatic carbocycles. The molecule has 2 rings (SSSR count). The summed E-state index contributed by atoms with van der Waals surface area (Å²) < 4.78 is 5.00. The molecule has 0 amide bonds. The fourth-order valence-electron chi connectivity index (χ4n) is 1.08. The van der Waals surface area contributed by atoms with Gasteiger partial charge in [0, 0.05) is 5.92 Å². The van der Waals surface area contributed by atoms with Crippen LogP contribution in [0.15, 0.2) is 10.6 Å². The van der Waals surface area contributed by atoms with Gasteiger partial charge >= 0.3 is 0 Å². The van der Waals surface area contributed by atoms with Crippen molar-refractivity contribution in [1.82, 2.24) is 4.98 Å². The van der Waals surface area contributed by atoms with E-state index in [1.54, 1.807) is 6.20 Å². The Morgan fingerprint density at radius 2 is 2.56 bits per heavy atom. The SMILES string of the molecule is [c]1ncc(C2CCC2)o1. The van der Waals surface area contributed by atoms with Gasteiger partial charge in [-0.3, -0.25) is 0 Å². The van der Waals surface area contributed by atoms with E-state index in [1.807, 2.05) is 0 Å². The normalized spacial score (nSPS) is 19.6. The molecule has 1 aromatic heterocycles. The van der Waals surface area contributed by atoms with Gasteiger partial charge in [-0.05, 0) is 12.8 Å². The molecule has 1 aliphatic rings. The van der Waals surface area contributed by atoms with E-state index in [4.69, 9.17) is 4.42 Å². The zero-order valence-electron chi connectivity index (χ0n) is 5.13. The Bertz CT molecular complexity index is 177. The highest BCUT2D eigenvalue weighted by Gasteiger charge is 2.21. The number of hydrogen-bond acceptors (Lipinski definition) is 2. The molecule has 1 saturated carbocycles. The quantitative estimate of drug-likeness (QED) is 0.567. The molecule has 1 heterocycles. The Labute approximate surface area is 53.9 Å². The number of oxazole rings is 1. The van der Waals surface area contributed by atoms with Gasteiger partial charge in [0.25, 0.3) is 6.39 Å². The van der Waals surface area contributed by atoms with E-state index in [9.17, 15) is 0 Å². The highest BCUT2D eigenvalue weighted by molar-refractivity contribution is 5.02. The average molecular weight is 122 g/mol. The van der Waals surface area contributed by atoms with Crippen molar-refractivity contribution in [3.05, 3.63) is 18.4 Å². The van der Waals surface area contributed by atoms with Crippen LogP contribution in [0.3, 0.4) is 0 Å². The van der Waals surface area contributed by atoms with E-state index >= 15 is 0 Å². The largest absolute Gasteiger partial charge is 0.437 e. The van der Waals surface area contributed by atoms with E-state index in [0.717, 1.165) is 5.76 Å². The van der Waals surface area contributed by atoms with Crippen LogP contribution in [0.25, 0.3) is 0 Å². The van der Waals surface area contributed by atoms with Crippen LogP contribution < -0.4 is 0 Å². The first-order valence-electron chi connectivity index (χ1n) is 3.28. The summed E-state index contributed by atoms with van der Waals surface area (Å²) in [5.41, 5.74) is 0. The summed E-state index contributed by atoms with van der Waals surface area (Å²) in [5.74, 6) is 1.67. The number of aromatic nitrogens is 1. The predicted octanol–water partition coefficient (Wildman–Crippen LogP) is 1.74. The molecule has 1 aromatic rings. The smallest absolute Gasteiger partial charge is 0.283 e. The van der Waals surface area contributed by atoms with Crippen LogP contribution in [0.5, 0.6) is 0 Å². The maximum Gasteiger partial charge on any atom is 0.283 e. The Hall–Kier alpha value is -0.790. The standard InChI is InChI=1S/C7H8NO/c1-2-6(3-1)7-4-8-5-9-7/h4,6H,1-3H2. The second-order valence-electron chi connectivity index (χ2n) is 2.48. The third-order valence-corrected chi connectivity index (χ3v) is 1.92. The van der Waals surface area contributed by atoms with Crippen molar-refractivity contribution in [2.75, 3.05) is 0 Å². The minimum Gasteiger partial charge on any atom is -0.437 e. The third-order valence-electron chi connectivity index (χ3n) is 1.92. The first-order valence-corrected chi connectivity index (χ1v) is 3.28. The summed E-state index contributed by atoms with van der Waals surface area (Å²) in [6.45, 7) is 0. The molecule has 1 radical (unpaired) electrons. The molecular weight excluding hydrogens is 114 g/mol. The zero-order chi connectivity index (χ0) is 6.10. The monoisotopic (exact) mass is 122 g/mol. The molecule has 0 saturated heterocycles. The van der Waals surface area contributed by atoms with Gasteiger partial charge in [-0.2, -0.15) is 0 Å². The average Bonchev–Trinajstić information content (AvgIpc) is 2.11. The fourth-order valence-corrected chi connectivity index (χ4v) is 1.08. The van der Waals surface area contributed by atoms with Crippen molar-refractivity contribution >= 4 is 0 Å². The maximum absolute atomic E-state index is 5.00. The summed E-state index contributed by atoms with van der Waals surface area (Å²) in [7, 11) is 0. The molecule has 1 fully saturated rings. The minimum absolute atomic E-state index is 0.656. The summed E-state index contributed by atoms with van der Waals surface area (Å²) in [5, 5.41) is 0. The van der Waals surface area contributed by atoms with Crippen molar-refractivity contribution in [3.63, 3.8) is 0 Å². The number of nitrogens with zero attached hydrogens (tertiary/aromatic N) is 1. The van der Waals surface area contributed by atoms with E-state index in [1.165, 1.54) is 19.3 Å². The van der Waals surface area contributed by atoms with Crippen LogP contribution in [0.1, 0.15) is 30.9 Å². The first-order chi connectivity index (χ1) is 4.47. The molecule has 2 heteroatoms. The van der Waals surface area contributed by atoms with E-state index in [0.29, 0.717) is 5.92 Å². The van der Waals surface area contributed by atoms with E-state index in [-0.39, 0.29) is 0 Å². The molecule has 0 atom stereocenters. The molecule has 2 nitrogen and oxygen atoms in total. The highest BCUT2D eigenvalue weighted by Crippen LogP contribution is 2.35. The second-order valence-corrected chi connectivity index (χ2v) is 2.48. The fraction of sp³-hybridized carbons (Fsp3) is 0.571. The minimum atomic E-state index is 0.656. The van der Waals surface area contributed by atoms with Gasteiger partial charge in [0.1, 0.15) is 5.76 Å². The van der Waals surface area contributed by atoms with Gasteiger partial charge in [-0.1, -0.05) is 6.42 Å². The molecule has 47 valence electrons. The lowest BCUT2D eigenvalue weighted by atomic mass is 9.84. The van der Waals surface area contributed by atoms with Crippen LogP contribution in [-0.2, 0) is 0 Å². The summed E-state index contributed by atoms with van der Waals surface area (Å²) in [6, 6.07) is 0. The Kier molecular flexibility index (Phi) is 1.04. The molecule has 0 N–H and O–H groups in total. The van der Waals surface area contributed by atoms with Gasteiger partial charge in [0.2, 0.25) is 0 Å². The molecule has 0 aliphatic heterocycles. The second kappa shape index (κ2) is 1.87. The first kappa shape index (κ1) is 5.03. The summed E-state index contributed by atoms with van der Waals surface area (Å²) >= 11 is 0. The van der Waals surface area contributed by atoms with Gasteiger partial charge in [-0.15, -0.1) is 0 Å². The molecule has 0 spiro atoms. The molecule has 9 heavy (non-hydrogen) atoms. The van der Waals surface area contributed by atoms with Gasteiger partial charge < -0.3 is 4.42 Å². The maximum atomic E-state index is 5.00. The molecular formula is C7H8NO. The van der Waals surface area contributed by atoms with Crippen molar-refractivity contribution in [2.45, 2.75) is 25.2 Å². The van der Waals surface area contributed by atoms with Crippen molar-refractivity contribution < 1.29 is 4.42 Å². The van der Waals surface area contributed by atoms with Crippen LogP contribution >= 0.6 is 0 Å². The van der Waals surface area contributed by atoms with Crippen LogP contribution in [-0.4, -0.2) is 4.98 Å². The Morgan fingerprint density at radius 3 is 3.00 bits per heavy atom. The summed E-state index contributed by atoms with van der Waals surface area (Å²) in [6.07, 6.45) is 8.09. The molecule has 0 unspecified atom stereocenters. The highest BCUT2D eigenvalue weighted by atomic mass is 16.3. The topological polar surface area (TPSA) is 26.0 Å². The van der Waals surface area contributed by atoms with Gasteiger partial charge in [-0.25, -0.2) is 4.98 Å². The van der Waals surface area contributed by atoms with Crippen molar-refractivity contribution in [1.29, 1.82) is 0 Å². The van der Waals surface area contributed by atoms with E-state index in [2.05, 4.69) is 11.4 Å².